The predicted molar refractivity (Wildman–Crippen MR) is 88.7 cm³/mol. The van der Waals surface area contributed by atoms with Crippen LogP contribution in [0, 0.1) is 11.8 Å². The van der Waals surface area contributed by atoms with Gasteiger partial charge >= 0.3 is 0 Å². The van der Waals surface area contributed by atoms with Crippen molar-refractivity contribution in [2.75, 3.05) is 30.4 Å². The van der Waals surface area contributed by atoms with E-state index in [4.69, 9.17) is 5.11 Å². The van der Waals surface area contributed by atoms with Gasteiger partial charge in [-0.05, 0) is 36.1 Å². The number of nitrogens with one attached hydrogen (secondary N) is 1. The Morgan fingerprint density at radius 1 is 1.29 bits per heavy atom. The van der Waals surface area contributed by atoms with Crippen LogP contribution >= 0.6 is 0 Å². The van der Waals surface area contributed by atoms with Crippen LogP contribution in [0.15, 0.2) is 24.3 Å². The number of benzene rings is 1. The number of rotatable bonds is 8. The van der Waals surface area contributed by atoms with Crippen LogP contribution in [0.25, 0.3) is 0 Å². The van der Waals surface area contributed by atoms with Crippen LogP contribution in [0.3, 0.4) is 0 Å². The molecule has 2 N–H and O–H groups in total. The van der Waals surface area contributed by atoms with Crippen LogP contribution in [0.1, 0.15) is 33.6 Å². The third-order valence-corrected chi connectivity index (χ3v) is 3.94. The second-order valence-corrected chi connectivity index (χ2v) is 5.86. The van der Waals surface area contributed by atoms with Crippen LogP contribution in [-0.2, 0) is 4.79 Å². The quantitative estimate of drug-likeness (QED) is 0.774. The Morgan fingerprint density at radius 3 is 2.38 bits per heavy atom. The molecule has 0 heterocycles. The van der Waals surface area contributed by atoms with Gasteiger partial charge in [-0.3, -0.25) is 4.79 Å². The lowest BCUT2D eigenvalue weighted by molar-refractivity contribution is -0.117. The second-order valence-electron chi connectivity index (χ2n) is 5.86. The fourth-order valence-electron chi connectivity index (χ4n) is 2.38. The van der Waals surface area contributed by atoms with E-state index in [1.165, 1.54) is 0 Å². The average Bonchev–Trinajstić information content (AvgIpc) is 2.45. The van der Waals surface area contributed by atoms with Gasteiger partial charge in [-0.2, -0.15) is 0 Å². The molecule has 1 atom stereocenters. The fourth-order valence-corrected chi connectivity index (χ4v) is 2.38. The molecule has 4 heteroatoms. The van der Waals surface area contributed by atoms with Gasteiger partial charge in [0, 0.05) is 31.4 Å². The van der Waals surface area contributed by atoms with Crippen LogP contribution in [-0.4, -0.2) is 31.2 Å². The van der Waals surface area contributed by atoms with Gasteiger partial charge in [0.1, 0.15) is 0 Å². The fraction of sp³-hybridized carbons (Fsp3) is 0.588. The zero-order valence-electron chi connectivity index (χ0n) is 13.6. The van der Waals surface area contributed by atoms with E-state index in [9.17, 15) is 4.79 Å². The summed E-state index contributed by atoms with van der Waals surface area (Å²) in [5.41, 5.74) is 1.84. The van der Waals surface area contributed by atoms with Gasteiger partial charge in [0.05, 0.1) is 6.61 Å². The summed E-state index contributed by atoms with van der Waals surface area (Å²) in [4.78, 5) is 14.0. The first-order valence-corrected chi connectivity index (χ1v) is 7.69. The maximum Gasteiger partial charge on any atom is 0.224 e. The molecule has 21 heavy (non-hydrogen) atoms. The summed E-state index contributed by atoms with van der Waals surface area (Å²) in [7, 11) is 1.93. The molecule has 1 unspecified atom stereocenters. The molecule has 1 rings (SSSR count). The lowest BCUT2D eigenvalue weighted by atomic mass is 9.90. The summed E-state index contributed by atoms with van der Waals surface area (Å²) in [6.07, 6.45) is 1.59. The summed E-state index contributed by atoms with van der Waals surface area (Å²) in [6.45, 7) is 7.17. The summed E-state index contributed by atoms with van der Waals surface area (Å²) >= 11 is 0. The van der Waals surface area contributed by atoms with Crippen molar-refractivity contribution in [2.24, 2.45) is 11.8 Å². The first-order chi connectivity index (χ1) is 9.97. The number of carbonyl (C=O) groups is 1. The van der Waals surface area contributed by atoms with Crippen molar-refractivity contribution in [3.8, 4) is 0 Å². The van der Waals surface area contributed by atoms with E-state index in [0.717, 1.165) is 17.8 Å². The zero-order chi connectivity index (χ0) is 15.8. The molecule has 1 amide bonds. The number of likely N-dealkylation sites (N-methyl/N-ethyl adjacent to an activating group) is 1. The van der Waals surface area contributed by atoms with Crippen molar-refractivity contribution in [3.05, 3.63) is 24.3 Å². The highest BCUT2D eigenvalue weighted by Gasteiger charge is 2.15. The maximum atomic E-state index is 12.1. The molecule has 0 aliphatic rings. The minimum Gasteiger partial charge on any atom is -0.395 e. The molecule has 0 saturated carbocycles. The minimum absolute atomic E-state index is 0.0759. The van der Waals surface area contributed by atoms with Crippen molar-refractivity contribution >= 4 is 17.3 Å². The van der Waals surface area contributed by atoms with Crippen LogP contribution < -0.4 is 10.2 Å². The van der Waals surface area contributed by atoms with Crippen molar-refractivity contribution < 1.29 is 9.90 Å². The monoisotopic (exact) mass is 292 g/mol. The van der Waals surface area contributed by atoms with Crippen molar-refractivity contribution in [1.29, 1.82) is 0 Å². The van der Waals surface area contributed by atoms with Gasteiger partial charge in [0.25, 0.3) is 0 Å². The average molecular weight is 292 g/mol. The number of carbonyl (C=O) groups excluding carboxylic acids is 1. The molecule has 0 aromatic heterocycles. The molecule has 1 aromatic carbocycles. The third-order valence-electron chi connectivity index (χ3n) is 3.94. The molecule has 1 aromatic rings. The molecule has 0 bridgehead atoms. The van der Waals surface area contributed by atoms with Gasteiger partial charge in [-0.15, -0.1) is 0 Å². The summed E-state index contributed by atoms with van der Waals surface area (Å²) in [6, 6.07) is 7.70. The molecule has 0 saturated heterocycles. The van der Waals surface area contributed by atoms with Crippen molar-refractivity contribution in [2.45, 2.75) is 33.6 Å². The molecular weight excluding hydrogens is 264 g/mol. The van der Waals surface area contributed by atoms with Gasteiger partial charge in [-0.1, -0.05) is 27.2 Å². The van der Waals surface area contributed by atoms with Gasteiger partial charge in [-0.25, -0.2) is 0 Å². The van der Waals surface area contributed by atoms with Crippen LogP contribution in [0.2, 0.25) is 0 Å². The van der Waals surface area contributed by atoms with Gasteiger partial charge in [0.15, 0.2) is 0 Å². The second kappa shape index (κ2) is 8.67. The first kappa shape index (κ1) is 17.5. The Labute approximate surface area is 128 Å². The van der Waals surface area contributed by atoms with Crippen molar-refractivity contribution in [1.82, 2.24) is 0 Å². The first-order valence-electron chi connectivity index (χ1n) is 7.69. The molecule has 0 fully saturated rings. The van der Waals surface area contributed by atoms with E-state index in [0.29, 0.717) is 24.8 Å². The Morgan fingerprint density at radius 2 is 1.90 bits per heavy atom. The van der Waals surface area contributed by atoms with Gasteiger partial charge < -0.3 is 15.3 Å². The molecule has 0 aliphatic carbocycles. The largest absolute Gasteiger partial charge is 0.395 e. The van der Waals surface area contributed by atoms with Crippen LogP contribution in [0.4, 0.5) is 11.4 Å². The Balaban J connectivity index is 2.57. The Kier molecular flexibility index (Phi) is 7.23. The lowest BCUT2D eigenvalue weighted by Gasteiger charge is -2.19. The molecule has 0 spiro atoms. The Hall–Kier alpha value is -1.55. The summed E-state index contributed by atoms with van der Waals surface area (Å²) in [5, 5.41) is 11.9. The van der Waals surface area contributed by atoms with Crippen LogP contribution in [0.5, 0.6) is 0 Å². The normalized spacial score (nSPS) is 12.3. The van der Waals surface area contributed by atoms with E-state index < -0.39 is 0 Å². The van der Waals surface area contributed by atoms with Crippen molar-refractivity contribution in [3.63, 3.8) is 0 Å². The number of hydrogen-bond acceptors (Lipinski definition) is 3. The number of aliphatic hydroxyl groups is 1. The highest BCUT2D eigenvalue weighted by molar-refractivity contribution is 5.91. The van der Waals surface area contributed by atoms with E-state index in [1.807, 2.05) is 36.2 Å². The summed E-state index contributed by atoms with van der Waals surface area (Å²) in [5.74, 6) is 1.03. The number of aliphatic hydroxyl groups excluding tert-OH is 1. The minimum atomic E-state index is 0.0759. The topological polar surface area (TPSA) is 52.6 Å². The highest BCUT2D eigenvalue weighted by atomic mass is 16.3. The predicted octanol–water partition coefficient (Wildman–Crippen LogP) is 3.13. The standard InChI is InChI=1S/C17H28N2O2/c1-5-14(13(2)3)12-17(21)18-15-6-8-16(9-7-15)19(4)10-11-20/h6-9,13-14,20H,5,10-12H2,1-4H3,(H,18,21). The number of hydrogen-bond donors (Lipinski definition) is 2. The van der Waals surface area contributed by atoms with Gasteiger partial charge in [0.2, 0.25) is 5.91 Å². The SMILES string of the molecule is CCC(CC(=O)Nc1ccc(N(C)CCO)cc1)C(C)C. The van der Waals surface area contributed by atoms with E-state index in [-0.39, 0.29) is 12.5 Å². The number of nitrogens with zero attached hydrogens (tertiary/aromatic N) is 1. The highest BCUT2D eigenvalue weighted by Crippen LogP contribution is 2.21. The van der Waals surface area contributed by atoms with E-state index >= 15 is 0 Å². The maximum absolute atomic E-state index is 12.1. The number of anilines is 2. The third kappa shape index (κ3) is 5.76. The zero-order valence-corrected chi connectivity index (χ0v) is 13.6. The van der Waals surface area contributed by atoms with E-state index in [2.05, 4.69) is 26.1 Å². The van der Waals surface area contributed by atoms with E-state index in [1.54, 1.807) is 0 Å². The smallest absolute Gasteiger partial charge is 0.224 e. The molecule has 0 aliphatic heterocycles. The molecule has 0 radical (unpaired) electrons. The molecular formula is C17H28N2O2. The molecule has 4 nitrogen and oxygen atoms in total. The molecule has 118 valence electrons. The number of amides is 1. The lowest BCUT2D eigenvalue weighted by Crippen LogP contribution is -2.21. The summed E-state index contributed by atoms with van der Waals surface area (Å²) < 4.78 is 0. The Bertz CT molecular complexity index is 429.